The molecule has 42 heavy (non-hydrogen) atoms. The molecule has 7 heteroatoms. The molecular weight excluding hydrogens is 531 g/mol. The van der Waals surface area contributed by atoms with Gasteiger partial charge >= 0.3 is 5.97 Å². The van der Waals surface area contributed by atoms with Crippen molar-refractivity contribution < 1.29 is 23.9 Å². The van der Waals surface area contributed by atoms with Gasteiger partial charge in [0.1, 0.15) is 11.5 Å². The molecule has 0 bridgehead atoms. The van der Waals surface area contributed by atoms with Gasteiger partial charge in [0.25, 0.3) is 5.91 Å². The van der Waals surface area contributed by atoms with E-state index in [0.717, 1.165) is 16.3 Å². The molecule has 6 rings (SSSR count). The normalized spacial score (nSPS) is 11.9. The van der Waals surface area contributed by atoms with Crippen LogP contribution in [0.25, 0.3) is 27.4 Å². The number of amides is 1. The van der Waals surface area contributed by atoms with Crippen LogP contribution in [0.15, 0.2) is 115 Å². The molecule has 2 N–H and O–H groups in total. The summed E-state index contributed by atoms with van der Waals surface area (Å²) in [5, 5.41) is 14.1. The van der Waals surface area contributed by atoms with E-state index in [1.54, 1.807) is 59.9 Å². The van der Waals surface area contributed by atoms with Gasteiger partial charge in [0.05, 0.1) is 17.3 Å². The highest BCUT2D eigenvalue weighted by molar-refractivity contribution is 6.11. The second-order valence-electron chi connectivity index (χ2n) is 10.1. The van der Waals surface area contributed by atoms with Crippen LogP contribution in [-0.2, 0) is 0 Å². The molecule has 1 atom stereocenters. The Kier molecular flexibility index (Phi) is 6.84. The summed E-state index contributed by atoms with van der Waals surface area (Å²) in [5.74, 6) is -2.06. The van der Waals surface area contributed by atoms with E-state index >= 15 is 0 Å². The monoisotopic (exact) mass is 556 g/mol. The van der Waals surface area contributed by atoms with Crippen molar-refractivity contribution in [3.05, 3.63) is 149 Å². The van der Waals surface area contributed by atoms with Crippen molar-refractivity contribution in [2.75, 3.05) is 0 Å². The number of hydrogen-bond acceptors (Lipinski definition) is 3. The van der Waals surface area contributed by atoms with E-state index in [1.807, 2.05) is 42.5 Å². The minimum Gasteiger partial charge on any atom is -0.478 e. The number of pyridine rings is 1. The molecule has 0 fully saturated rings. The molecule has 0 radical (unpaired) electrons. The summed E-state index contributed by atoms with van der Waals surface area (Å²) in [7, 11) is 0. The maximum Gasteiger partial charge on any atom is 0.335 e. The van der Waals surface area contributed by atoms with Crippen LogP contribution in [0.1, 0.15) is 55.4 Å². The van der Waals surface area contributed by atoms with Gasteiger partial charge in [-0.25, -0.2) is 9.18 Å². The number of hydrogen-bond donors (Lipinski definition) is 2. The average Bonchev–Trinajstić information content (AvgIpc) is 3.44. The Morgan fingerprint density at radius 1 is 0.714 bits per heavy atom. The number of nitrogens with zero attached hydrogens (tertiary/aromatic N) is 1. The third-order valence-electron chi connectivity index (χ3n) is 7.41. The molecule has 2 aromatic heterocycles. The summed E-state index contributed by atoms with van der Waals surface area (Å²) in [4.78, 5) is 38.9. The lowest BCUT2D eigenvalue weighted by atomic mass is 10.0. The molecule has 2 heterocycles. The zero-order valence-electron chi connectivity index (χ0n) is 22.5. The number of benzene rings is 4. The standard InChI is InChI=1S/C35H25FN2O4/c1-21(22-6-9-25(10-7-22)35(41)42)37-34(40)32-20-28(24-12-14-29(36)15-13-24)19-30-16-17-31(38(30)32)33(39)27-11-8-23-4-2-3-5-26(23)18-27/h2-21H,1H3,(H,37,40)(H,41,42)/t21-/m0/s1. The second-order valence-corrected chi connectivity index (χ2v) is 10.1. The summed E-state index contributed by atoms with van der Waals surface area (Å²) in [5.41, 5.74) is 3.96. The highest BCUT2D eigenvalue weighted by Gasteiger charge is 2.22. The van der Waals surface area contributed by atoms with Crippen LogP contribution in [-0.4, -0.2) is 27.2 Å². The lowest BCUT2D eigenvalue weighted by molar-refractivity contribution is 0.0696. The lowest BCUT2D eigenvalue weighted by Crippen LogP contribution is -2.29. The van der Waals surface area contributed by atoms with Gasteiger partial charge in [-0.15, -0.1) is 0 Å². The van der Waals surface area contributed by atoms with Crippen LogP contribution >= 0.6 is 0 Å². The number of carboxylic acids is 1. The van der Waals surface area contributed by atoms with Crippen LogP contribution in [0.2, 0.25) is 0 Å². The van der Waals surface area contributed by atoms with E-state index in [0.29, 0.717) is 27.9 Å². The molecule has 1 amide bonds. The van der Waals surface area contributed by atoms with Crippen molar-refractivity contribution in [3.63, 3.8) is 0 Å². The number of rotatable bonds is 7. The fourth-order valence-corrected chi connectivity index (χ4v) is 5.15. The Morgan fingerprint density at radius 3 is 2.12 bits per heavy atom. The number of carbonyl (C=O) groups is 3. The van der Waals surface area contributed by atoms with Gasteiger partial charge in [0, 0.05) is 11.1 Å². The number of carboxylic acid groups (broad SMARTS) is 1. The Hall–Kier alpha value is -5.56. The first-order chi connectivity index (χ1) is 20.3. The molecule has 0 saturated carbocycles. The molecule has 6 aromatic rings. The van der Waals surface area contributed by atoms with E-state index in [4.69, 9.17) is 0 Å². The van der Waals surface area contributed by atoms with E-state index in [-0.39, 0.29) is 22.9 Å². The molecule has 0 saturated heterocycles. The number of nitrogens with one attached hydrogen (secondary N) is 1. The highest BCUT2D eigenvalue weighted by atomic mass is 19.1. The smallest absolute Gasteiger partial charge is 0.335 e. The van der Waals surface area contributed by atoms with Crippen LogP contribution in [0.4, 0.5) is 4.39 Å². The number of halogens is 1. The van der Waals surface area contributed by atoms with Crippen molar-refractivity contribution in [2.45, 2.75) is 13.0 Å². The molecule has 4 aromatic carbocycles. The molecule has 0 aliphatic rings. The highest BCUT2D eigenvalue weighted by Crippen LogP contribution is 2.28. The van der Waals surface area contributed by atoms with E-state index in [9.17, 15) is 23.9 Å². The summed E-state index contributed by atoms with van der Waals surface area (Å²) in [6.45, 7) is 1.80. The first kappa shape index (κ1) is 26.7. The van der Waals surface area contributed by atoms with E-state index < -0.39 is 17.9 Å². The minimum absolute atomic E-state index is 0.148. The maximum absolute atomic E-state index is 13.8. The third-order valence-corrected chi connectivity index (χ3v) is 7.41. The van der Waals surface area contributed by atoms with Crippen molar-refractivity contribution in [1.29, 1.82) is 0 Å². The Morgan fingerprint density at radius 2 is 1.40 bits per heavy atom. The van der Waals surface area contributed by atoms with Crippen molar-refractivity contribution in [3.8, 4) is 11.1 Å². The third kappa shape index (κ3) is 5.04. The summed E-state index contributed by atoms with van der Waals surface area (Å²) in [6.07, 6.45) is 0. The van der Waals surface area contributed by atoms with Crippen LogP contribution in [0.5, 0.6) is 0 Å². The molecule has 0 unspecified atom stereocenters. The SMILES string of the molecule is C[C@H](NC(=O)c1cc(-c2ccc(F)cc2)cc2ccc(C(=O)c3ccc4ccccc4c3)n12)c1ccc(C(=O)O)cc1. The number of ketones is 1. The van der Waals surface area contributed by atoms with Gasteiger partial charge in [-0.05, 0) is 89.0 Å². The van der Waals surface area contributed by atoms with Gasteiger partial charge in [-0.1, -0.05) is 60.7 Å². The van der Waals surface area contributed by atoms with E-state index in [2.05, 4.69) is 5.32 Å². The first-order valence-corrected chi connectivity index (χ1v) is 13.4. The summed E-state index contributed by atoms with van der Waals surface area (Å²) in [6, 6.07) is 32.1. The van der Waals surface area contributed by atoms with Crippen LogP contribution in [0.3, 0.4) is 0 Å². The molecule has 0 aliphatic carbocycles. The molecule has 0 spiro atoms. The van der Waals surface area contributed by atoms with Crippen molar-refractivity contribution in [2.24, 2.45) is 0 Å². The van der Waals surface area contributed by atoms with Gasteiger partial charge in [0.2, 0.25) is 5.78 Å². The molecule has 0 aliphatic heterocycles. The molecule has 6 nitrogen and oxygen atoms in total. The number of aromatic carboxylic acids is 1. The van der Waals surface area contributed by atoms with Gasteiger partial charge < -0.3 is 14.8 Å². The second kappa shape index (κ2) is 10.8. The largest absolute Gasteiger partial charge is 0.478 e. The maximum atomic E-state index is 13.8. The minimum atomic E-state index is -1.03. The number of fused-ring (bicyclic) bond motifs is 2. The average molecular weight is 557 g/mol. The Balaban J connectivity index is 1.43. The Labute approximate surface area is 240 Å². The van der Waals surface area contributed by atoms with Gasteiger partial charge in [-0.3, -0.25) is 9.59 Å². The zero-order valence-corrected chi connectivity index (χ0v) is 22.5. The van der Waals surface area contributed by atoms with Crippen molar-refractivity contribution in [1.82, 2.24) is 9.72 Å². The van der Waals surface area contributed by atoms with Crippen molar-refractivity contribution >= 4 is 33.9 Å². The molecule has 206 valence electrons. The fraction of sp³-hybridized carbons (Fsp3) is 0.0571. The predicted octanol–water partition coefficient (Wildman–Crippen LogP) is 7.32. The number of aromatic nitrogens is 1. The predicted molar refractivity (Wildman–Crippen MR) is 159 cm³/mol. The van der Waals surface area contributed by atoms with Crippen LogP contribution < -0.4 is 5.32 Å². The first-order valence-electron chi connectivity index (χ1n) is 13.4. The van der Waals surface area contributed by atoms with E-state index in [1.165, 1.54) is 24.3 Å². The van der Waals surface area contributed by atoms with Gasteiger partial charge in [-0.2, -0.15) is 0 Å². The summed E-state index contributed by atoms with van der Waals surface area (Å²) < 4.78 is 15.3. The molecular formula is C35H25FN2O4. The van der Waals surface area contributed by atoms with Crippen LogP contribution in [0, 0.1) is 5.82 Å². The zero-order chi connectivity index (χ0) is 29.4. The summed E-state index contributed by atoms with van der Waals surface area (Å²) >= 11 is 0. The quantitative estimate of drug-likeness (QED) is 0.202. The Bertz CT molecular complexity index is 1990. The van der Waals surface area contributed by atoms with Gasteiger partial charge in [0.15, 0.2) is 0 Å². The topological polar surface area (TPSA) is 87.9 Å². The lowest BCUT2D eigenvalue weighted by Gasteiger charge is -2.17. The fourth-order valence-electron chi connectivity index (χ4n) is 5.15. The number of carbonyl (C=O) groups excluding carboxylic acids is 2.